The van der Waals surface area contributed by atoms with Gasteiger partial charge in [-0.25, -0.2) is 0 Å². The van der Waals surface area contributed by atoms with E-state index in [4.69, 9.17) is 10.5 Å². The molecule has 1 aromatic heterocycles. The maximum atomic E-state index is 9.29. The highest BCUT2D eigenvalue weighted by Crippen LogP contribution is 2.12. The van der Waals surface area contributed by atoms with Crippen LogP contribution < -0.4 is 5.73 Å². The van der Waals surface area contributed by atoms with Gasteiger partial charge < -0.3 is 15.6 Å². The maximum Gasteiger partial charge on any atom is 0.0644 e. The lowest BCUT2D eigenvalue weighted by Crippen LogP contribution is -2.46. The van der Waals surface area contributed by atoms with Crippen molar-refractivity contribution in [1.29, 1.82) is 0 Å². The molecule has 0 bridgehead atoms. The maximum absolute atomic E-state index is 9.29. The van der Waals surface area contributed by atoms with Crippen molar-refractivity contribution >= 4 is 0 Å². The molecule has 94 valence electrons. The van der Waals surface area contributed by atoms with Crippen LogP contribution in [0.4, 0.5) is 0 Å². The third-order valence-corrected chi connectivity index (χ3v) is 3.04. The van der Waals surface area contributed by atoms with Crippen molar-refractivity contribution in [1.82, 2.24) is 9.88 Å². The summed E-state index contributed by atoms with van der Waals surface area (Å²) in [5.41, 5.74) is 7.65. The van der Waals surface area contributed by atoms with Crippen molar-refractivity contribution in [3.63, 3.8) is 0 Å². The standard InChI is InChI=1S/C12H19N3O2/c13-6-11-5-10(1-2-14-11)7-15-3-4-17-9-12(15)8-16/h1-2,5,12,16H,3-4,6-9,13H2. The van der Waals surface area contributed by atoms with E-state index in [1.54, 1.807) is 6.20 Å². The zero-order valence-electron chi connectivity index (χ0n) is 9.88. The minimum atomic E-state index is 0.0956. The summed E-state index contributed by atoms with van der Waals surface area (Å²) in [7, 11) is 0. The van der Waals surface area contributed by atoms with Crippen LogP contribution in [0.15, 0.2) is 18.3 Å². The Morgan fingerprint density at radius 1 is 1.59 bits per heavy atom. The van der Waals surface area contributed by atoms with E-state index in [0.717, 1.165) is 25.4 Å². The van der Waals surface area contributed by atoms with Gasteiger partial charge in [0, 0.05) is 25.8 Å². The zero-order chi connectivity index (χ0) is 12.1. The lowest BCUT2D eigenvalue weighted by atomic mass is 10.1. The molecule has 0 radical (unpaired) electrons. The van der Waals surface area contributed by atoms with Gasteiger partial charge in [-0.3, -0.25) is 9.88 Å². The molecule has 0 amide bonds. The first-order chi connectivity index (χ1) is 8.33. The normalized spacial score (nSPS) is 21.6. The molecule has 2 heterocycles. The first-order valence-electron chi connectivity index (χ1n) is 5.90. The number of pyridine rings is 1. The smallest absolute Gasteiger partial charge is 0.0644 e. The number of aromatic nitrogens is 1. The monoisotopic (exact) mass is 237 g/mol. The van der Waals surface area contributed by atoms with Gasteiger partial charge in [0.1, 0.15) is 0 Å². The van der Waals surface area contributed by atoms with E-state index in [1.165, 1.54) is 5.56 Å². The van der Waals surface area contributed by atoms with Gasteiger partial charge in [0.05, 0.1) is 31.6 Å². The van der Waals surface area contributed by atoms with Crippen LogP contribution in [-0.4, -0.2) is 47.4 Å². The summed E-state index contributed by atoms with van der Waals surface area (Å²) in [6, 6.07) is 4.10. The summed E-state index contributed by atoms with van der Waals surface area (Å²) in [5.74, 6) is 0. The molecule has 0 saturated carbocycles. The van der Waals surface area contributed by atoms with Gasteiger partial charge in [-0.15, -0.1) is 0 Å². The molecule has 1 unspecified atom stereocenters. The lowest BCUT2D eigenvalue weighted by Gasteiger charge is -2.34. The van der Waals surface area contributed by atoms with Gasteiger partial charge in [-0.05, 0) is 17.7 Å². The van der Waals surface area contributed by atoms with Crippen LogP contribution in [0.2, 0.25) is 0 Å². The SMILES string of the molecule is NCc1cc(CN2CCOCC2CO)ccn1. The fourth-order valence-corrected chi connectivity index (χ4v) is 2.04. The Morgan fingerprint density at radius 2 is 2.47 bits per heavy atom. The third-order valence-electron chi connectivity index (χ3n) is 3.04. The Labute approximate surface area is 101 Å². The third kappa shape index (κ3) is 3.23. The summed E-state index contributed by atoms with van der Waals surface area (Å²) in [5, 5.41) is 9.29. The van der Waals surface area contributed by atoms with E-state index in [-0.39, 0.29) is 12.6 Å². The molecule has 1 aromatic rings. The predicted octanol–water partition coefficient (Wildman–Crippen LogP) is -0.267. The Kier molecular flexibility index (Phi) is 4.44. The number of morpholine rings is 1. The number of hydrogen-bond acceptors (Lipinski definition) is 5. The Morgan fingerprint density at radius 3 is 3.24 bits per heavy atom. The molecule has 1 aliphatic rings. The highest BCUT2D eigenvalue weighted by Gasteiger charge is 2.22. The van der Waals surface area contributed by atoms with Gasteiger partial charge in [0.2, 0.25) is 0 Å². The van der Waals surface area contributed by atoms with E-state index in [1.807, 2.05) is 12.1 Å². The zero-order valence-corrected chi connectivity index (χ0v) is 9.88. The van der Waals surface area contributed by atoms with Crippen molar-refractivity contribution in [2.75, 3.05) is 26.4 Å². The molecule has 1 saturated heterocycles. The van der Waals surface area contributed by atoms with Crippen molar-refractivity contribution in [2.45, 2.75) is 19.1 Å². The highest BCUT2D eigenvalue weighted by atomic mass is 16.5. The molecule has 1 aliphatic heterocycles. The minimum absolute atomic E-state index is 0.0956. The average Bonchev–Trinajstić information content (AvgIpc) is 2.39. The minimum Gasteiger partial charge on any atom is -0.395 e. The number of nitrogens with two attached hydrogens (primary N) is 1. The molecule has 1 fully saturated rings. The van der Waals surface area contributed by atoms with Gasteiger partial charge in [-0.1, -0.05) is 0 Å². The van der Waals surface area contributed by atoms with Gasteiger partial charge in [-0.2, -0.15) is 0 Å². The quantitative estimate of drug-likeness (QED) is 0.754. The molecule has 17 heavy (non-hydrogen) atoms. The van der Waals surface area contributed by atoms with E-state index in [0.29, 0.717) is 13.2 Å². The fraction of sp³-hybridized carbons (Fsp3) is 0.583. The summed E-state index contributed by atoms with van der Waals surface area (Å²) < 4.78 is 5.35. The largest absolute Gasteiger partial charge is 0.395 e. The van der Waals surface area contributed by atoms with E-state index in [9.17, 15) is 5.11 Å². The topological polar surface area (TPSA) is 71.6 Å². The van der Waals surface area contributed by atoms with E-state index >= 15 is 0 Å². The molecule has 5 heteroatoms. The van der Waals surface area contributed by atoms with Crippen molar-refractivity contribution in [3.8, 4) is 0 Å². The number of ether oxygens (including phenoxy) is 1. The van der Waals surface area contributed by atoms with E-state index < -0.39 is 0 Å². The Balaban J connectivity index is 2.02. The average molecular weight is 237 g/mol. The molecular weight excluding hydrogens is 218 g/mol. The van der Waals surface area contributed by atoms with Crippen LogP contribution >= 0.6 is 0 Å². The number of rotatable bonds is 4. The second-order valence-electron chi connectivity index (χ2n) is 4.24. The van der Waals surface area contributed by atoms with Crippen LogP contribution in [0, 0.1) is 0 Å². The Bertz CT molecular complexity index is 359. The van der Waals surface area contributed by atoms with Gasteiger partial charge in [0.25, 0.3) is 0 Å². The predicted molar refractivity (Wildman–Crippen MR) is 64.2 cm³/mol. The Hall–Kier alpha value is -1.01. The summed E-state index contributed by atoms with van der Waals surface area (Å²) in [6.45, 7) is 3.58. The van der Waals surface area contributed by atoms with Crippen molar-refractivity contribution in [3.05, 3.63) is 29.6 Å². The van der Waals surface area contributed by atoms with Crippen LogP contribution in [-0.2, 0) is 17.8 Å². The lowest BCUT2D eigenvalue weighted by molar-refractivity contribution is -0.0312. The highest BCUT2D eigenvalue weighted by molar-refractivity contribution is 5.16. The molecular formula is C12H19N3O2. The number of aliphatic hydroxyl groups is 1. The molecule has 0 aliphatic carbocycles. The van der Waals surface area contributed by atoms with Crippen molar-refractivity contribution < 1.29 is 9.84 Å². The molecule has 3 N–H and O–H groups in total. The molecule has 0 aromatic carbocycles. The van der Waals surface area contributed by atoms with Crippen LogP contribution in [0.3, 0.4) is 0 Å². The first-order valence-corrected chi connectivity index (χ1v) is 5.90. The fourth-order valence-electron chi connectivity index (χ4n) is 2.04. The van der Waals surface area contributed by atoms with Crippen LogP contribution in [0.25, 0.3) is 0 Å². The van der Waals surface area contributed by atoms with E-state index in [2.05, 4.69) is 9.88 Å². The number of hydrogen-bond donors (Lipinski definition) is 2. The molecule has 1 atom stereocenters. The number of nitrogens with zero attached hydrogens (tertiary/aromatic N) is 2. The molecule has 2 rings (SSSR count). The summed E-state index contributed by atoms with van der Waals surface area (Å²) in [4.78, 5) is 6.41. The number of aliphatic hydroxyl groups excluding tert-OH is 1. The van der Waals surface area contributed by atoms with Crippen molar-refractivity contribution in [2.24, 2.45) is 5.73 Å². The summed E-state index contributed by atoms with van der Waals surface area (Å²) in [6.07, 6.45) is 1.78. The second kappa shape index (κ2) is 6.07. The summed E-state index contributed by atoms with van der Waals surface area (Å²) >= 11 is 0. The molecule has 0 spiro atoms. The van der Waals surface area contributed by atoms with Crippen LogP contribution in [0.5, 0.6) is 0 Å². The van der Waals surface area contributed by atoms with Crippen LogP contribution in [0.1, 0.15) is 11.3 Å². The van der Waals surface area contributed by atoms with Gasteiger partial charge >= 0.3 is 0 Å². The second-order valence-corrected chi connectivity index (χ2v) is 4.24. The molecule has 5 nitrogen and oxygen atoms in total. The first kappa shape index (κ1) is 12.4. The van der Waals surface area contributed by atoms with Gasteiger partial charge in [0.15, 0.2) is 0 Å².